The highest BCUT2D eigenvalue weighted by atomic mass is 35.5. The van der Waals surface area contributed by atoms with Crippen LogP contribution in [0, 0.1) is 0 Å². The summed E-state index contributed by atoms with van der Waals surface area (Å²) < 4.78 is 31.7. The van der Waals surface area contributed by atoms with Crippen molar-refractivity contribution in [2.75, 3.05) is 13.1 Å². The minimum Gasteiger partial charge on any atom is -0.360 e. The number of hydrogen-bond donors (Lipinski definition) is 2. The van der Waals surface area contributed by atoms with Gasteiger partial charge in [-0.3, -0.25) is 4.79 Å². The number of nitrogens with one attached hydrogen (secondary N) is 2. The van der Waals surface area contributed by atoms with Crippen LogP contribution >= 0.6 is 11.6 Å². The Bertz CT molecular complexity index is 846. The molecule has 2 aromatic rings. The van der Waals surface area contributed by atoms with Gasteiger partial charge in [0.05, 0.1) is 4.90 Å². The van der Waals surface area contributed by atoms with Crippen molar-refractivity contribution in [2.45, 2.75) is 23.7 Å². The lowest BCUT2D eigenvalue weighted by atomic mass is 10.3. The van der Waals surface area contributed by atoms with Gasteiger partial charge in [-0.25, -0.2) is 13.1 Å². The Morgan fingerprint density at radius 2 is 2.08 bits per heavy atom. The van der Waals surface area contributed by atoms with Gasteiger partial charge in [-0.2, -0.15) is 0 Å². The van der Waals surface area contributed by atoms with Crippen molar-refractivity contribution in [3.05, 3.63) is 46.8 Å². The summed E-state index contributed by atoms with van der Waals surface area (Å²) in [6, 6.07) is 7.58. The van der Waals surface area contributed by atoms with Gasteiger partial charge in [-0.1, -0.05) is 22.8 Å². The third-order valence-corrected chi connectivity index (χ3v) is 5.24. The molecule has 24 heavy (non-hydrogen) atoms. The van der Waals surface area contributed by atoms with Crippen LogP contribution in [-0.2, 0) is 10.0 Å². The Morgan fingerprint density at radius 3 is 2.79 bits per heavy atom. The predicted octanol–water partition coefficient (Wildman–Crippen LogP) is 1.91. The SMILES string of the molecule is O=C(NCCNS(=O)(=O)c1cccc(Cl)c1)c1cc(C2CC2)on1. The molecule has 1 aromatic heterocycles. The Hall–Kier alpha value is -1.90. The number of sulfonamides is 1. The molecule has 0 aliphatic heterocycles. The molecule has 0 unspecified atom stereocenters. The smallest absolute Gasteiger partial charge is 0.273 e. The number of carbonyl (C=O) groups excluding carboxylic acids is 1. The first-order chi connectivity index (χ1) is 11.5. The normalized spacial score (nSPS) is 14.5. The van der Waals surface area contributed by atoms with Crippen LogP contribution < -0.4 is 10.0 Å². The van der Waals surface area contributed by atoms with Gasteiger partial charge in [0.25, 0.3) is 5.91 Å². The first-order valence-corrected chi connectivity index (χ1v) is 9.32. The number of carbonyl (C=O) groups is 1. The number of benzene rings is 1. The Morgan fingerprint density at radius 1 is 1.29 bits per heavy atom. The van der Waals surface area contributed by atoms with E-state index in [9.17, 15) is 13.2 Å². The van der Waals surface area contributed by atoms with E-state index in [1.165, 1.54) is 12.1 Å². The van der Waals surface area contributed by atoms with E-state index in [0.717, 1.165) is 18.6 Å². The van der Waals surface area contributed by atoms with Gasteiger partial charge < -0.3 is 9.84 Å². The third-order valence-electron chi connectivity index (χ3n) is 3.55. The molecule has 1 fully saturated rings. The third kappa shape index (κ3) is 4.14. The molecule has 1 heterocycles. The molecule has 128 valence electrons. The maximum Gasteiger partial charge on any atom is 0.273 e. The van der Waals surface area contributed by atoms with Crippen molar-refractivity contribution >= 4 is 27.5 Å². The van der Waals surface area contributed by atoms with E-state index in [1.807, 2.05) is 0 Å². The van der Waals surface area contributed by atoms with Crippen molar-refractivity contribution < 1.29 is 17.7 Å². The summed E-state index contributed by atoms with van der Waals surface area (Å²) in [7, 11) is -3.66. The zero-order chi connectivity index (χ0) is 17.2. The molecular weight excluding hydrogens is 354 g/mol. The summed E-state index contributed by atoms with van der Waals surface area (Å²) in [5, 5.41) is 6.65. The number of rotatable bonds is 7. The standard InChI is InChI=1S/C15H16ClN3O4S/c16-11-2-1-3-12(8-11)24(21,22)18-7-6-17-15(20)13-9-14(23-19-13)10-4-5-10/h1-3,8-10,18H,4-7H2,(H,17,20). The highest BCUT2D eigenvalue weighted by Crippen LogP contribution is 2.40. The quantitative estimate of drug-likeness (QED) is 0.726. The topological polar surface area (TPSA) is 101 Å². The first-order valence-electron chi connectivity index (χ1n) is 7.46. The van der Waals surface area contributed by atoms with E-state index in [-0.39, 0.29) is 23.7 Å². The van der Waals surface area contributed by atoms with Crippen molar-refractivity contribution in [3.8, 4) is 0 Å². The summed E-state index contributed by atoms with van der Waals surface area (Å²) in [5.41, 5.74) is 0.203. The second-order valence-corrected chi connectivity index (χ2v) is 7.70. The van der Waals surface area contributed by atoms with Gasteiger partial charge in [0.15, 0.2) is 5.69 Å². The molecule has 3 rings (SSSR count). The van der Waals surface area contributed by atoms with E-state index in [0.29, 0.717) is 10.9 Å². The molecule has 7 nitrogen and oxygen atoms in total. The zero-order valence-corrected chi connectivity index (χ0v) is 14.2. The number of aromatic nitrogens is 1. The summed E-state index contributed by atoms with van der Waals surface area (Å²) in [5.74, 6) is 0.706. The summed E-state index contributed by atoms with van der Waals surface area (Å²) in [6.45, 7) is 0.179. The first kappa shape index (κ1) is 16.9. The molecular formula is C15H16ClN3O4S. The van der Waals surface area contributed by atoms with Crippen LogP contribution in [0.25, 0.3) is 0 Å². The van der Waals surface area contributed by atoms with Crippen LogP contribution in [-0.4, -0.2) is 32.6 Å². The molecule has 0 spiro atoms. The number of hydrogen-bond acceptors (Lipinski definition) is 5. The summed E-state index contributed by atoms with van der Waals surface area (Å²) in [4.78, 5) is 12.0. The van der Waals surface area contributed by atoms with Crippen molar-refractivity contribution in [3.63, 3.8) is 0 Å². The highest BCUT2D eigenvalue weighted by Gasteiger charge is 2.28. The lowest BCUT2D eigenvalue weighted by Gasteiger charge is -2.07. The van der Waals surface area contributed by atoms with Crippen molar-refractivity contribution in [1.29, 1.82) is 0 Å². The van der Waals surface area contributed by atoms with Crippen LogP contribution in [0.3, 0.4) is 0 Å². The van der Waals surface area contributed by atoms with E-state index < -0.39 is 15.9 Å². The zero-order valence-electron chi connectivity index (χ0n) is 12.7. The largest absolute Gasteiger partial charge is 0.360 e. The van der Waals surface area contributed by atoms with Gasteiger partial charge >= 0.3 is 0 Å². The van der Waals surface area contributed by atoms with Gasteiger partial charge in [-0.15, -0.1) is 0 Å². The van der Waals surface area contributed by atoms with Gasteiger partial charge in [0.1, 0.15) is 5.76 Å². The van der Waals surface area contributed by atoms with E-state index >= 15 is 0 Å². The molecule has 1 aliphatic rings. The number of amides is 1. The summed E-state index contributed by atoms with van der Waals surface area (Å²) >= 11 is 5.79. The molecule has 0 bridgehead atoms. The van der Waals surface area contributed by atoms with Crippen LogP contribution in [0.1, 0.15) is 35.0 Å². The van der Waals surface area contributed by atoms with E-state index in [2.05, 4.69) is 15.2 Å². The molecule has 0 saturated heterocycles. The Labute approximate surface area is 144 Å². The van der Waals surface area contributed by atoms with E-state index in [4.69, 9.17) is 16.1 Å². The maximum absolute atomic E-state index is 12.1. The number of nitrogens with zero attached hydrogens (tertiary/aromatic N) is 1. The average molecular weight is 370 g/mol. The second kappa shape index (κ2) is 6.92. The van der Waals surface area contributed by atoms with Crippen LogP contribution in [0.5, 0.6) is 0 Å². The maximum atomic E-state index is 12.1. The molecule has 1 aliphatic carbocycles. The highest BCUT2D eigenvalue weighted by molar-refractivity contribution is 7.89. The Balaban J connectivity index is 1.48. The number of halogens is 1. The van der Waals surface area contributed by atoms with Crippen molar-refractivity contribution in [2.24, 2.45) is 0 Å². The minimum atomic E-state index is -3.66. The monoisotopic (exact) mass is 369 g/mol. The summed E-state index contributed by atoms with van der Waals surface area (Å²) in [6.07, 6.45) is 2.11. The van der Waals surface area contributed by atoms with Crippen LogP contribution in [0.4, 0.5) is 0 Å². The van der Waals surface area contributed by atoms with Gasteiger partial charge in [0, 0.05) is 30.1 Å². The van der Waals surface area contributed by atoms with Gasteiger partial charge in [-0.05, 0) is 31.0 Å². The van der Waals surface area contributed by atoms with Crippen LogP contribution in [0.15, 0.2) is 39.8 Å². The predicted molar refractivity (Wildman–Crippen MR) is 87.5 cm³/mol. The lowest BCUT2D eigenvalue weighted by molar-refractivity contribution is 0.0945. The molecule has 0 radical (unpaired) electrons. The molecule has 1 aromatic carbocycles. The van der Waals surface area contributed by atoms with Gasteiger partial charge in [0.2, 0.25) is 10.0 Å². The lowest BCUT2D eigenvalue weighted by Crippen LogP contribution is -2.34. The second-order valence-electron chi connectivity index (χ2n) is 5.50. The Kier molecular flexibility index (Phi) is 4.88. The fourth-order valence-corrected chi connectivity index (χ4v) is 3.46. The van der Waals surface area contributed by atoms with Crippen molar-refractivity contribution in [1.82, 2.24) is 15.2 Å². The molecule has 0 atom stereocenters. The molecule has 9 heteroatoms. The van der Waals surface area contributed by atoms with E-state index in [1.54, 1.807) is 18.2 Å². The molecule has 1 saturated carbocycles. The van der Waals surface area contributed by atoms with Crippen LogP contribution in [0.2, 0.25) is 5.02 Å². The minimum absolute atomic E-state index is 0.0495. The fraction of sp³-hybridized carbons (Fsp3) is 0.333. The fourth-order valence-electron chi connectivity index (χ4n) is 2.13. The average Bonchev–Trinajstić information content (AvgIpc) is 3.28. The molecule has 2 N–H and O–H groups in total. The molecule has 1 amide bonds.